The normalized spacial score (nSPS) is 19.3. The molecule has 3 aromatic heterocycles. The average Bonchev–Trinajstić information content (AvgIpc) is 3.67. The molecule has 1 saturated carbocycles. The summed E-state index contributed by atoms with van der Waals surface area (Å²) in [5, 5.41) is 6.41. The van der Waals surface area contributed by atoms with E-state index in [-0.39, 0.29) is 29.5 Å². The Morgan fingerprint density at radius 1 is 1.05 bits per heavy atom. The standard InChI is InChI=1S/C28H30N8O2/c1-17-22(33-28(38)20-8-6-19(7-9-20)18-4-5-18)3-2-13-36(17)24-15-31-25(26(29)37)27(34-24)32-21-10-11-23-30-12-14-35(23)16-21/h6-12,14-18,22H,2-5,13H2,1H3,(H2,29,37)(H,32,34)(H,33,38)/t17-,22-/m1/s1. The summed E-state index contributed by atoms with van der Waals surface area (Å²) in [6, 6.07) is 11.6. The first-order valence-electron chi connectivity index (χ1n) is 13.0. The van der Waals surface area contributed by atoms with E-state index in [0.29, 0.717) is 23.0 Å². The molecule has 38 heavy (non-hydrogen) atoms. The second kappa shape index (κ2) is 9.77. The Kier molecular flexibility index (Phi) is 6.15. The summed E-state index contributed by atoms with van der Waals surface area (Å²) in [7, 11) is 0. The lowest BCUT2D eigenvalue weighted by Gasteiger charge is -2.40. The Hall–Kier alpha value is -4.47. The van der Waals surface area contributed by atoms with E-state index < -0.39 is 5.91 Å². The predicted octanol–water partition coefficient (Wildman–Crippen LogP) is 3.63. The number of rotatable bonds is 7. The lowest BCUT2D eigenvalue weighted by atomic mass is 9.97. The van der Waals surface area contributed by atoms with Crippen LogP contribution in [0.4, 0.5) is 17.3 Å². The van der Waals surface area contributed by atoms with Crippen molar-refractivity contribution in [3.63, 3.8) is 0 Å². The summed E-state index contributed by atoms with van der Waals surface area (Å²) in [6.45, 7) is 2.83. The second-order valence-electron chi connectivity index (χ2n) is 10.1. The number of pyridine rings is 1. The number of nitrogens with two attached hydrogens (primary N) is 1. The smallest absolute Gasteiger partial charge is 0.271 e. The van der Waals surface area contributed by atoms with E-state index in [2.05, 4.69) is 44.6 Å². The highest BCUT2D eigenvalue weighted by atomic mass is 16.2. The number of aromatic nitrogens is 4. The van der Waals surface area contributed by atoms with Crippen molar-refractivity contribution in [3.05, 3.63) is 78.0 Å². The summed E-state index contributed by atoms with van der Waals surface area (Å²) in [5.74, 6) is 0.817. The van der Waals surface area contributed by atoms with Gasteiger partial charge in [0.25, 0.3) is 11.8 Å². The van der Waals surface area contributed by atoms with Crippen molar-refractivity contribution in [2.45, 2.75) is 50.6 Å². The molecule has 4 heterocycles. The maximum absolute atomic E-state index is 13.0. The van der Waals surface area contributed by atoms with Gasteiger partial charge in [0.1, 0.15) is 11.5 Å². The highest BCUT2D eigenvalue weighted by Gasteiger charge is 2.31. The van der Waals surface area contributed by atoms with Crippen LogP contribution in [-0.4, -0.2) is 49.8 Å². The van der Waals surface area contributed by atoms with Gasteiger partial charge >= 0.3 is 0 Å². The number of carbonyl (C=O) groups is 2. The molecule has 4 aromatic rings. The number of carbonyl (C=O) groups excluding carboxylic acids is 2. The van der Waals surface area contributed by atoms with Crippen LogP contribution in [0, 0.1) is 0 Å². The van der Waals surface area contributed by atoms with E-state index in [0.717, 1.165) is 25.0 Å². The largest absolute Gasteiger partial charge is 0.364 e. The van der Waals surface area contributed by atoms with Crippen molar-refractivity contribution in [1.82, 2.24) is 24.7 Å². The Bertz CT molecular complexity index is 1490. The fraction of sp³-hybridized carbons (Fsp3) is 0.321. The number of anilines is 3. The van der Waals surface area contributed by atoms with Gasteiger partial charge in [0.15, 0.2) is 11.5 Å². The molecule has 2 aliphatic rings. The molecule has 10 heteroatoms. The third kappa shape index (κ3) is 4.77. The van der Waals surface area contributed by atoms with Crippen molar-refractivity contribution < 1.29 is 9.59 Å². The Morgan fingerprint density at radius 3 is 2.63 bits per heavy atom. The monoisotopic (exact) mass is 510 g/mol. The van der Waals surface area contributed by atoms with Gasteiger partial charge in [0.05, 0.1) is 11.9 Å². The number of primary amides is 1. The zero-order valence-electron chi connectivity index (χ0n) is 21.2. The van der Waals surface area contributed by atoms with Gasteiger partial charge in [0, 0.05) is 42.8 Å². The van der Waals surface area contributed by atoms with Crippen molar-refractivity contribution in [3.8, 4) is 0 Å². The van der Waals surface area contributed by atoms with E-state index in [1.165, 1.54) is 18.4 Å². The molecular formula is C28H30N8O2. The molecule has 4 N–H and O–H groups in total. The molecule has 194 valence electrons. The highest BCUT2D eigenvalue weighted by Crippen LogP contribution is 2.39. The number of amides is 2. The minimum Gasteiger partial charge on any atom is -0.364 e. The van der Waals surface area contributed by atoms with E-state index in [4.69, 9.17) is 10.7 Å². The van der Waals surface area contributed by atoms with Crippen molar-refractivity contribution in [1.29, 1.82) is 0 Å². The number of benzene rings is 1. The molecule has 2 amide bonds. The summed E-state index contributed by atoms with van der Waals surface area (Å²) in [4.78, 5) is 40.6. The highest BCUT2D eigenvalue weighted by molar-refractivity contribution is 5.96. The number of nitrogens with zero attached hydrogens (tertiary/aromatic N) is 5. The Labute approximate surface area is 220 Å². The van der Waals surface area contributed by atoms with Crippen molar-refractivity contribution >= 4 is 34.8 Å². The first kappa shape index (κ1) is 23.9. The number of hydrogen-bond acceptors (Lipinski definition) is 7. The minimum atomic E-state index is -0.667. The predicted molar refractivity (Wildman–Crippen MR) is 145 cm³/mol. The maximum atomic E-state index is 13.0. The summed E-state index contributed by atoms with van der Waals surface area (Å²) in [6.07, 6.45) is 11.2. The van der Waals surface area contributed by atoms with Gasteiger partial charge in [-0.25, -0.2) is 15.0 Å². The number of fused-ring (bicyclic) bond motifs is 1. The third-order valence-corrected chi connectivity index (χ3v) is 7.47. The number of nitrogens with one attached hydrogen (secondary N) is 2. The summed E-state index contributed by atoms with van der Waals surface area (Å²) >= 11 is 0. The Morgan fingerprint density at radius 2 is 1.87 bits per heavy atom. The molecule has 0 bridgehead atoms. The van der Waals surface area contributed by atoms with E-state index in [1.807, 2.05) is 41.1 Å². The van der Waals surface area contributed by atoms with Gasteiger partial charge < -0.3 is 25.7 Å². The molecule has 1 aromatic carbocycles. The van der Waals surface area contributed by atoms with E-state index in [1.54, 1.807) is 12.4 Å². The van der Waals surface area contributed by atoms with Crippen LogP contribution < -0.4 is 21.3 Å². The molecule has 1 aliphatic heterocycles. The zero-order valence-corrected chi connectivity index (χ0v) is 21.2. The first-order valence-corrected chi connectivity index (χ1v) is 13.0. The van der Waals surface area contributed by atoms with Crippen LogP contribution in [0.2, 0.25) is 0 Å². The molecule has 1 saturated heterocycles. The minimum absolute atomic E-state index is 0.0256. The van der Waals surface area contributed by atoms with Crippen molar-refractivity contribution in [2.24, 2.45) is 5.73 Å². The van der Waals surface area contributed by atoms with Crippen LogP contribution in [0.15, 0.2) is 61.2 Å². The molecule has 0 spiro atoms. The van der Waals surface area contributed by atoms with Crippen LogP contribution >= 0.6 is 0 Å². The number of hydrogen-bond donors (Lipinski definition) is 3. The van der Waals surface area contributed by atoms with Crippen LogP contribution in [0.5, 0.6) is 0 Å². The second-order valence-corrected chi connectivity index (χ2v) is 10.1. The van der Waals surface area contributed by atoms with Gasteiger partial charge in [-0.05, 0) is 68.4 Å². The molecule has 10 nitrogen and oxygen atoms in total. The van der Waals surface area contributed by atoms with Gasteiger partial charge in [-0.15, -0.1) is 0 Å². The fourth-order valence-electron chi connectivity index (χ4n) is 5.15. The van der Waals surface area contributed by atoms with Crippen LogP contribution in [0.25, 0.3) is 5.65 Å². The molecule has 0 unspecified atom stereocenters. The van der Waals surface area contributed by atoms with E-state index in [9.17, 15) is 9.59 Å². The molecule has 2 fully saturated rings. The van der Waals surface area contributed by atoms with Gasteiger partial charge in [-0.1, -0.05) is 12.1 Å². The van der Waals surface area contributed by atoms with Gasteiger partial charge in [-0.3, -0.25) is 9.59 Å². The topological polar surface area (TPSA) is 131 Å². The SMILES string of the molecule is C[C@@H]1[C@H](NC(=O)c2ccc(C3CC3)cc2)CCCN1c1cnc(C(N)=O)c(Nc2ccc3nccn3c2)n1. The lowest BCUT2D eigenvalue weighted by Crippen LogP contribution is -2.54. The third-order valence-electron chi connectivity index (χ3n) is 7.47. The molecule has 0 radical (unpaired) electrons. The molecule has 6 rings (SSSR count). The maximum Gasteiger partial charge on any atom is 0.271 e. The van der Waals surface area contributed by atoms with Gasteiger partial charge in [-0.2, -0.15) is 0 Å². The van der Waals surface area contributed by atoms with E-state index >= 15 is 0 Å². The quantitative estimate of drug-likeness (QED) is 0.346. The number of piperidine rings is 1. The fourth-order valence-corrected chi connectivity index (χ4v) is 5.15. The Balaban J connectivity index is 1.20. The molecule has 1 aliphatic carbocycles. The first-order chi connectivity index (χ1) is 18.5. The van der Waals surface area contributed by atoms with Crippen molar-refractivity contribution in [2.75, 3.05) is 16.8 Å². The number of imidazole rings is 1. The lowest BCUT2D eigenvalue weighted by molar-refractivity contribution is 0.0923. The molecule has 2 atom stereocenters. The molecular weight excluding hydrogens is 480 g/mol. The van der Waals surface area contributed by atoms with Crippen LogP contribution in [-0.2, 0) is 0 Å². The zero-order chi connectivity index (χ0) is 26.2. The average molecular weight is 511 g/mol. The van der Waals surface area contributed by atoms with Gasteiger partial charge in [0.2, 0.25) is 0 Å². The van der Waals surface area contributed by atoms with Crippen LogP contribution in [0.1, 0.15) is 64.9 Å². The van der Waals surface area contributed by atoms with Crippen LogP contribution in [0.3, 0.4) is 0 Å². The summed E-state index contributed by atoms with van der Waals surface area (Å²) < 4.78 is 1.86. The summed E-state index contributed by atoms with van der Waals surface area (Å²) in [5.41, 5.74) is 9.17.